The van der Waals surface area contributed by atoms with Crippen LogP contribution in [0.1, 0.15) is 356 Å². The van der Waals surface area contributed by atoms with Gasteiger partial charge in [-0.3, -0.25) is 14.4 Å². The summed E-state index contributed by atoms with van der Waals surface area (Å²) in [5.41, 5.74) is 0. The Bertz CT molecular complexity index is 1090. The van der Waals surface area contributed by atoms with Crippen molar-refractivity contribution in [1.29, 1.82) is 0 Å². The van der Waals surface area contributed by atoms with Gasteiger partial charge in [0.2, 0.25) is 0 Å². The summed E-state index contributed by atoms with van der Waals surface area (Å²) < 4.78 is 16.9. The third kappa shape index (κ3) is 57.3. The number of ether oxygens (including phenoxy) is 3. The van der Waals surface area contributed by atoms with Gasteiger partial charge < -0.3 is 14.2 Å². The highest BCUT2D eigenvalue weighted by Crippen LogP contribution is 2.19. The Morgan fingerprint density at radius 2 is 0.414 bits per heavy atom. The standard InChI is InChI=1S/C64H124O6/c1-58(2)50-44-38-32-26-20-15-11-9-7-8-10-12-17-23-29-35-41-47-53-62(65)68-56-61(57-69-63(66)54-48-42-36-30-25-19-22-28-34-40-46-52-60(5)6)70-64(67)55-49-43-37-31-24-18-14-13-16-21-27-33-39-45-51-59(3)4/h58-61H,7-57H2,1-6H3/t61-/m0/s1. The topological polar surface area (TPSA) is 78.9 Å². The van der Waals surface area contributed by atoms with Crippen molar-refractivity contribution in [2.75, 3.05) is 13.2 Å². The van der Waals surface area contributed by atoms with Gasteiger partial charge in [0.15, 0.2) is 6.10 Å². The number of carbonyl (C=O) groups excluding carboxylic acids is 3. The lowest BCUT2D eigenvalue weighted by atomic mass is 10.0. The molecular formula is C64H124O6. The molecule has 0 rings (SSSR count). The zero-order chi connectivity index (χ0) is 51.2. The minimum Gasteiger partial charge on any atom is -0.462 e. The van der Waals surface area contributed by atoms with Crippen LogP contribution in [-0.4, -0.2) is 37.2 Å². The molecule has 0 spiro atoms. The van der Waals surface area contributed by atoms with Crippen molar-refractivity contribution in [3.63, 3.8) is 0 Å². The van der Waals surface area contributed by atoms with Gasteiger partial charge in [0.25, 0.3) is 0 Å². The molecule has 0 aliphatic rings. The number of hydrogen-bond donors (Lipinski definition) is 0. The molecule has 0 heterocycles. The average molecular weight is 990 g/mol. The van der Waals surface area contributed by atoms with Crippen LogP contribution in [0.3, 0.4) is 0 Å². The summed E-state index contributed by atoms with van der Waals surface area (Å²) in [6.07, 6.45) is 59.6. The SMILES string of the molecule is CC(C)CCCCCCCCCCCCCCCCCCCCC(=O)OC[C@@H](COC(=O)CCCCCCCCCCCCCC(C)C)OC(=O)CCCCCCCCCCCCCCCCC(C)C. The number of esters is 3. The Kier molecular flexibility index (Phi) is 53.9. The second-order valence-corrected chi connectivity index (χ2v) is 23.5. The van der Waals surface area contributed by atoms with Crippen LogP contribution in [0.4, 0.5) is 0 Å². The van der Waals surface area contributed by atoms with Crippen molar-refractivity contribution in [2.24, 2.45) is 17.8 Å². The van der Waals surface area contributed by atoms with E-state index in [1.807, 2.05) is 0 Å². The Hall–Kier alpha value is -1.59. The van der Waals surface area contributed by atoms with E-state index < -0.39 is 6.10 Å². The molecule has 0 bridgehead atoms. The third-order valence-corrected chi connectivity index (χ3v) is 14.6. The summed E-state index contributed by atoms with van der Waals surface area (Å²) in [4.78, 5) is 38.3. The maximum absolute atomic E-state index is 12.9. The van der Waals surface area contributed by atoms with Crippen LogP contribution in [0.2, 0.25) is 0 Å². The minimum absolute atomic E-state index is 0.0627. The van der Waals surface area contributed by atoms with Crippen molar-refractivity contribution in [1.82, 2.24) is 0 Å². The molecule has 70 heavy (non-hydrogen) atoms. The smallest absolute Gasteiger partial charge is 0.306 e. The van der Waals surface area contributed by atoms with E-state index in [1.165, 1.54) is 238 Å². The molecule has 0 amide bonds. The Morgan fingerprint density at radius 1 is 0.243 bits per heavy atom. The van der Waals surface area contributed by atoms with Crippen molar-refractivity contribution < 1.29 is 28.6 Å². The monoisotopic (exact) mass is 989 g/mol. The van der Waals surface area contributed by atoms with Gasteiger partial charge in [-0.25, -0.2) is 0 Å². The molecule has 416 valence electrons. The summed E-state index contributed by atoms with van der Waals surface area (Å²) >= 11 is 0. The van der Waals surface area contributed by atoms with Gasteiger partial charge in [-0.15, -0.1) is 0 Å². The van der Waals surface area contributed by atoms with Crippen LogP contribution >= 0.6 is 0 Å². The van der Waals surface area contributed by atoms with E-state index in [-0.39, 0.29) is 31.1 Å². The van der Waals surface area contributed by atoms with Gasteiger partial charge in [-0.1, -0.05) is 318 Å². The predicted octanol–water partition coefficient (Wildman–Crippen LogP) is 21.1. The maximum atomic E-state index is 12.9. The molecule has 0 saturated heterocycles. The van der Waals surface area contributed by atoms with Crippen LogP contribution in [0, 0.1) is 17.8 Å². The first-order valence-electron chi connectivity index (χ1n) is 31.6. The quantitative estimate of drug-likeness (QED) is 0.0343. The third-order valence-electron chi connectivity index (χ3n) is 14.6. The summed E-state index contributed by atoms with van der Waals surface area (Å²) in [6.45, 7) is 13.8. The normalized spacial score (nSPS) is 12.1. The number of hydrogen-bond acceptors (Lipinski definition) is 6. The Labute approximate surface area is 438 Å². The second-order valence-electron chi connectivity index (χ2n) is 23.5. The fraction of sp³-hybridized carbons (Fsp3) is 0.953. The molecule has 0 N–H and O–H groups in total. The molecule has 0 saturated carbocycles. The molecule has 0 aliphatic carbocycles. The van der Waals surface area contributed by atoms with Gasteiger partial charge in [0.05, 0.1) is 0 Å². The summed E-state index contributed by atoms with van der Waals surface area (Å²) in [7, 11) is 0. The van der Waals surface area contributed by atoms with E-state index in [9.17, 15) is 14.4 Å². The lowest BCUT2D eigenvalue weighted by molar-refractivity contribution is -0.167. The first-order chi connectivity index (χ1) is 34.1. The summed E-state index contributed by atoms with van der Waals surface area (Å²) in [5, 5.41) is 0. The van der Waals surface area contributed by atoms with Crippen molar-refractivity contribution in [2.45, 2.75) is 362 Å². The second kappa shape index (κ2) is 55.2. The van der Waals surface area contributed by atoms with Crippen molar-refractivity contribution in [3.05, 3.63) is 0 Å². The Morgan fingerprint density at radius 3 is 0.614 bits per heavy atom. The highest BCUT2D eigenvalue weighted by molar-refractivity contribution is 5.71. The van der Waals surface area contributed by atoms with Gasteiger partial charge in [0, 0.05) is 19.3 Å². The predicted molar refractivity (Wildman–Crippen MR) is 303 cm³/mol. The molecule has 0 unspecified atom stereocenters. The molecule has 1 atom stereocenters. The number of rotatable bonds is 57. The molecule has 0 fully saturated rings. The van der Waals surface area contributed by atoms with E-state index in [0.717, 1.165) is 75.5 Å². The van der Waals surface area contributed by atoms with Crippen LogP contribution in [0.5, 0.6) is 0 Å². The molecule has 0 aliphatic heterocycles. The molecule has 0 aromatic carbocycles. The summed E-state index contributed by atoms with van der Waals surface area (Å²) in [6, 6.07) is 0. The fourth-order valence-electron chi connectivity index (χ4n) is 9.88. The zero-order valence-electron chi connectivity index (χ0n) is 48.3. The van der Waals surface area contributed by atoms with E-state index in [0.29, 0.717) is 19.3 Å². The number of unbranched alkanes of at least 4 members (excludes halogenated alkanes) is 40. The fourth-order valence-corrected chi connectivity index (χ4v) is 9.88. The van der Waals surface area contributed by atoms with Gasteiger partial charge in [0.1, 0.15) is 13.2 Å². The van der Waals surface area contributed by atoms with Crippen molar-refractivity contribution in [3.8, 4) is 0 Å². The van der Waals surface area contributed by atoms with E-state index in [1.54, 1.807) is 0 Å². The van der Waals surface area contributed by atoms with Gasteiger partial charge >= 0.3 is 17.9 Å². The van der Waals surface area contributed by atoms with Crippen molar-refractivity contribution >= 4 is 17.9 Å². The van der Waals surface area contributed by atoms with Crippen LogP contribution in [-0.2, 0) is 28.6 Å². The zero-order valence-corrected chi connectivity index (χ0v) is 48.3. The van der Waals surface area contributed by atoms with Gasteiger partial charge in [-0.2, -0.15) is 0 Å². The van der Waals surface area contributed by atoms with Crippen LogP contribution in [0.25, 0.3) is 0 Å². The molecule has 6 nitrogen and oxygen atoms in total. The van der Waals surface area contributed by atoms with E-state index in [4.69, 9.17) is 14.2 Å². The highest BCUT2D eigenvalue weighted by Gasteiger charge is 2.19. The maximum Gasteiger partial charge on any atom is 0.306 e. The molecule has 6 heteroatoms. The van der Waals surface area contributed by atoms with E-state index in [2.05, 4.69) is 41.5 Å². The molecular weight excluding hydrogens is 865 g/mol. The largest absolute Gasteiger partial charge is 0.462 e. The highest BCUT2D eigenvalue weighted by atomic mass is 16.6. The molecule has 0 radical (unpaired) electrons. The van der Waals surface area contributed by atoms with Crippen LogP contribution < -0.4 is 0 Å². The summed E-state index contributed by atoms with van der Waals surface area (Å²) in [5.74, 6) is 1.69. The average Bonchev–Trinajstić information content (AvgIpc) is 3.32. The molecule has 0 aromatic heterocycles. The first-order valence-corrected chi connectivity index (χ1v) is 31.6. The van der Waals surface area contributed by atoms with Gasteiger partial charge in [-0.05, 0) is 37.0 Å². The first kappa shape index (κ1) is 68.4. The lowest BCUT2D eigenvalue weighted by Crippen LogP contribution is -2.30. The minimum atomic E-state index is -0.764. The lowest BCUT2D eigenvalue weighted by Gasteiger charge is -2.18. The Balaban J connectivity index is 4.26. The van der Waals surface area contributed by atoms with E-state index >= 15 is 0 Å². The van der Waals surface area contributed by atoms with Crippen LogP contribution in [0.15, 0.2) is 0 Å². The molecule has 0 aromatic rings. The number of carbonyl (C=O) groups is 3.